The fourth-order valence-electron chi connectivity index (χ4n) is 1.29. The van der Waals surface area contributed by atoms with Crippen LogP contribution >= 0.6 is 0 Å². The normalized spacial score (nSPS) is 16.2. The topological polar surface area (TPSA) is 42.2 Å². The van der Waals surface area contributed by atoms with E-state index in [1.807, 2.05) is 13.2 Å². The molecule has 0 spiro atoms. The molecule has 0 fully saturated rings. The van der Waals surface area contributed by atoms with Crippen molar-refractivity contribution in [3.63, 3.8) is 0 Å². The van der Waals surface area contributed by atoms with Crippen LogP contribution in [0.4, 0.5) is 5.69 Å². The van der Waals surface area contributed by atoms with Crippen molar-refractivity contribution in [3.8, 4) is 0 Å². The van der Waals surface area contributed by atoms with Gasteiger partial charge < -0.3 is 5.32 Å². The Bertz CT molecular complexity index is 300. The van der Waals surface area contributed by atoms with Gasteiger partial charge in [-0.15, -0.1) is 0 Å². The van der Waals surface area contributed by atoms with Gasteiger partial charge in [0, 0.05) is 26.2 Å². The summed E-state index contributed by atoms with van der Waals surface area (Å²) >= 11 is 0. The minimum atomic E-state index is 0.961. The van der Waals surface area contributed by atoms with Gasteiger partial charge in [0.1, 0.15) is 5.84 Å². The summed E-state index contributed by atoms with van der Waals surface area (Å²) in [5.74, 6) is 1.09. The Morgan fingerprint density at radius 3 is 3.08 bits per heavy atom. The number of aromatic nitrogens is 2. The number of aliphatic imine (C=N–C) groups is 1. The van der Waals surface area contributed by atoms with E-state index in [1.165, 1.54) is 6.42 Å². The van der Waals surface area contributed by atoms with E-state index in [-0.39, 0.29) is 0 Å². The van der Waals surface area contributed by atoms with Crippen LogP contribution in [0.3, 0.4) is 0 Å². The fraction of sp³-hybridized carbons (Fsp3) is 0.500. The first-order valence-corrected chi connectivity index (χ1v) is 4.13. The van der Waals surface area contributed by atoms with E-state index >= 15 is 0 Å². The lowest BCUT2D eigenvalue weighted by atomic mass is 10.3. The van der Waals surface area contributed by atoms with Crippen molar-refractivity contribution in [2.45, 2.75) is 12.8 Å². The molecular weight excluding hydrogens is 152 g/mol. The molecule has 0 bridgehead atoms. The molecule has 1 aromatic rings. The van der Waals surface area contributed by atoms with E-state index < -0.39 is 0 Å². The highest BCUT2D eigenvalue weighted by molar-refractivity contribution is 5.96. The zero-order chi connectivity index (χ0) is 8.39. The molecule has 1 aromatic heterocycles. The van der Waals surface area contributed by atoms with E-state index in [4.69, 9.17) is 0 Å². The van der Waals surface area contributed by atoms with Gasteiger partial charge in [-0.05, 0) is 6.42 Å². The van der Waals surface area contributed by atoms with Crippen molar-refractivity contribution in [3.05, 3.63) is 12.4 Å². The van der Waals surface area contributed by atoms with Crippen molar-refractivity contribution in [1.29, 1.82) is 0 Å². The third kappa shape index (κ3) is 1.47. The van der Waals surface area contributed by atoms with E-state index in [1.54, 1.807) is 10.9 Å². The molecule has 1 aliphatic heterocycles. The molecule has 0 saturated carbocycles. The van der Waals surface area contributed by atoms with Gasteiger partial charge in [0.25, 0.3) is 0 Å². The highest BCUT2D eigenvalue weighted by atomic mass is 15.3. The van der Waals surface area contributed by atoms with Crippen LogP contribution in [0, 0.1) is 0 Å². The molecular formula is C8H12N4. The summed E-state index contributed by atoms with van der Waals surface area (Å²) in [7, 11) is 1.90. The standard InChI is InChI=1S/C8H12N4/c1-12-6-7(5-10-12)11-8-3-2-4-9-8/h5-6H,2-4H2,1H3,(H,9,11). The molecule has 0 amide bonds. The largest absolute Gasteiger partial charge is 0.342 e. The van der Waals surface area contributed by atoms with E-state index in [9.17, 15) is 0 Å². The number of rotatable bonds is 1. The first-order valence-electron chi connectivity index (χ1n) is 4.13. The molecule has 0 unspecified atom stereocenters. The van der Waals surface area contributed by atoms with Crippen LogP contribution in [0.5, 0.6) is 0 Å². The fourth-order valence-corrected chi connectivity index (χ4v) is 1.29. The number of hydrogen-bond acceptors (Lipinski definition) is 3. The molecule has 4 heteroatoms. The monoisotopic (exact) mass is 164 g/mol. The molecule has 0 aliphatic carbocycles. The molecule has 0 saturated heterocycles. The van der Waals surface area contributed by atoms with Crippen LogP contribution in [0.2, 0.25) is 0 Å². The SMILES string of the molecule is Cn1cc(NC2=NCCC2)cn1. The third-order valence-corrected chi connectivity index (χ3v) is 1.87. The summed E-state index contributed by atoms with van der Waals surface area (Å²) in [6.07, 6.45) is 5.99. The average Bonchev–Trinajstić information content (AvgIpc) is 2.63. The van der Waals surface area contributed by atoms with Gasteiger partial charge in [-0.1, -0.05) is 0 Å². The Morgan fingerprint density at radius 2 is 2.50 bits per heavy atom. The van der Waals surface area contributed by atoms with Crippen molar-refractivity contribution in [1.82, 2.24) is 9.78 Å². The molecule has 12 heavy (non-hydrogen) atoms. The maximum absolute atomic E-state index is 4.31. The summed E-state index contributed by atoms with van der Waals surface area (Å²) in [6.45, 7) is 0.961. The van der Waals surface area contributed by atoms with Gasteiger partial charge in [0.05, 0.1) is 11.9 Å². The molecule has 64 valence electrons. The highest BCUT2D eigenvalue weighted by Crippen LogP contribution is 2.09. The molecule has 2 heterocycles. The van der Waals surface area contributed by atoms with Crippen molar-refractivity contribution < 1.29 is 0 Å². The van der Waals surface area contributed by atoms with Gasteiger partial charge in [-0.2, -0.15) is 5.10 Å². The Kier molecular flexibility index (Phi) is 1.81. The van der Waals surface area contributed by atoms with Gasteiger partial charge in [-0.3, -0.25) is 9.67 Å². The molecule has 4 nitrogen and oxygen atoms in total. The predicted octanol–water partition coefficient (Wildman–Crippen LogP) is 1.02. The second kappa shape index (κ2) is 2.97. The highest BCUT2D eigenvalue weighted by Gasteiger charge is 2.06. The minimum absolute atomic E-state index is 0.961. The summed E-state index contributed by atoms with van der Waals surface area (Å²) < 4.78 is 1.78. The number of nitrogens with one attached hydrogen (secondary N) is 1. The van der Waals surface area contributed by atoms with Crippen LogP contribution in [0.1, 0.15) is 12.8 Å². The van der Waals surface area contributed by atoms with E-state index in [2.05, 4.69) is 15.4 Å². The van der Waals surface area contributed by atoms with Gasteiger partial charge >= 0.3 is 0 Å². The van der Waals surface area contributed by atoms with Gasteiger partial charge in [0.2, 0.25) is 0 Å². The summed E-state index contributed by atoms with van der Waals surface area (Å²) in [5.41, 5.74) is 1.03. The summed E-state index contributed by atoms with van der Waals surface area (Å²) in [5, 5.41) is 7.29. The van der Waals surface area contributed by atoms with Crippen LogP contribution in [-0.4, -0.2) is 22.2 Å². The predicted molar refractivity (Wildman–Crippen MR) is 48.4 cm³/mol. The Morgan fingerprint density at radius 1 is 1.58 bits per heavy atom. The van der Waals surface area contributed by atoms with Crippen LogP contribution in [-0.2, 0) is 7.05 Å². The second-order valence-corrected chi connectivity index (χ2v) is 2.96. The lowest BCUT2D eigenvalue weighted by molar-refractivity contribution is 0.768. The van der Waals surface area contributed by atoms with Crippen LogP contribution < -0.4 is 5.32 Å². The maximum atomic E-state index is 4.31. The first-order chi connectivity index (χ1) is 5.84. The summed E-state index contributed by atoms with van der Waals surface area (Å²) in [6, 6.07) is 0. The molecule has 1 N–H and O–H groups in total. The van der Waals surface area contributed by atoms with E-state index in [0.717, 1.165) is 24.5 Å². The third-order valence-electron chi connectivity index (χ3n) is 1.87. The molecule has 1 aliphatic rings. The van der Waals surface area contributed by atoms with Crippen molar-refractivity contribution in [2.24, 2.45) is 12.0 Å². The lowest BCUT2D eigenvalue weighted by Crippen LogP contribution is -2.07. The number of aryl methyl sites for hydroxylation is 1. The quantitative estimate of drug-likeness (QED) is 0.673. The van der Waals surface area contributed by atoms with Gasteiger partial charge in [-0.25, -0.2) is 0 Å². The number of nitrogens with zero attached hydrogens (tertiary/aromatic N) is 3. The van der Waals surface area contributed by atoms with Crippen LogP contribution in [0.25, 0.3) is 0 Å². The van der Waals surface area contributed by atoms with Gasteiger partial charge in [0.15, 0.2) is 0 Å². The Labute approximate surface area is 71.3 Å². The Balaban J connectivity index is 2.03. The molecule has 0 aromatic carbocycles. The number of hydrogen-bond donors (Lipinski definition) is 1. The van der Waals surface area contributed by atoms with Crippen molar-refractivity contribution in [2.75, 3.05) is 11.9 Å². The summed E-state index contributed by atoms with van der Waals surface area (Å²) in [4.78, 5) is 4.31. The molecule has 2 rings (SSSR count). The smallest absolute Gasteiger partial charge is 0.101 e. The maximum Gasteiger partial charge on any atom is 0.101 e. The zero-order valence-corrected chi connectivity index (χ0v) is 7.12. The van der Waals surface area contributed by atoms with Crippen LogP contribution in [0.15, 0.2) is 17.4 Å². The van der Waals surface area contributed by atoms with Crippen molar-refractivity contribution >= 4 is 11.5 Å². The average molecular weight is 164 g/mol. The first kappa shape index (κ1) is 7.34. The van der Waals surface area contributed by atoms with E-state index in [0.29, 0.717) is 0 Å². The Hall–Kier alpha value is -1.32. The molecule has 0 atom stereocenters. The number of anilines is 1. The minimum Gasteiger partial charge on any atom is -0.342 e. The molecule has 0 radical (unpaired) electrons. The number of amidine groups is 1. The second-order valence-electron chi connectivity index (χ2n) is 2.96. The zero-order valence-electron chi connectivity index (χ0n) is 7.12. The lowest BCUT2D eigenvalue weighted by Gasteiger charge is -1.99.